The molecule has 7 heterocycles. The first-order valence-electron chi connectivity index (χ1n) is 17.7. The number of nitrogens with one attached hydrogen (secondary N) is 1. The molecule has 1 N–H and O–H groups in total. The van der Waals surface area contributed by atoms with Crippen molar-refractivity contribution >= 4 is 74.4 Å². The minimum Gasteiger partial charge on any atom is -1.00 e. The summed E-state index contributed by atoms with van der Waals surface area (Å²) in [6, 6.07) is 0. The van der Waals surface area contributed by atoms with Crippen LogP contribution in [0.4, 0.5) is 11.9 Å². The molecule has 0 radical (unpaired) electrons. The van der Waals surface area contributed by atoms with E-state index in [1.54, 1.807) is 24.8 Å². The predicted octanol–water partition coefficient (Wildman–Crippen LogP) is -0.797. The summed E-state index contributed by atoms with van der Waals surface area (Å²) in [4.78, 5) is 40.7. The number of hydrogen-bond acceptors (Lipinski definition) is 14. The Balaban J connectivity index is 0.000000735. The van der Waals surface area contributed by atoms with E-state index >= 15 is 0 Å². The van der Waals surface area contributed by atoms with Gasteiger partial charge in [-0.1, -0.05) is 6.42 Å². The molecule has 0 spiro atoms. The van der Waals surface area contributed by atoms with Crippen LogP contribution in [0.1, 0.15) is 86.9 Å². The molecule has 0 amide bonds. The second-order valence-electron chi connectivity index (χ2n) is 13.4. The second-order valence-corrected chi connectivity index (χ2v) is 15.5. The van der Waals surface area contributed by atoms with Gasteiger partial charge in [-0.2, -0.15) is 0 Å². The van der Waals surface area contributed by atoms with E-state index in [0.29, 0.717) is 0 Å². The molecule has 20 heteroatoms. The minimum absolute atomic E-state index is 0. The Morgan fingerprint density at radius 1 is 0.722 bits per heavy atom. The molecular formula is C34H51BBr2ClK2N9O5. The molecule has 4 fully saturated rings. The van der Waals surface area contributed by atoms with E-state index in [0.717, 1.165) is 52.5 Å². The van der Waals surface area contributed by atoms with Crippen molar-refractivity contribution in [2.45, 2.75) is 96.7 Å². The maximum absolute atomic E-state index is 8.64. The zero-order valence-electron chi connectivity index (χ0n) is 33.5. The SMILES string of the molecule is Brc1cnc(N2CCCCC2)nc1.C1CCNCC1.CC1(C)OB(c2cnc(N3CCCCC3)nc2)OC1(C)C.Clc1ncc(Br)cn1.O=CO[O-].[H-].[K+].[K+]. The molecule has 0 unspecified atom stereocenters. The molecule has 0 aromatic carbocycles. The summed E-state index contributed by atoms with van der Waals surface area (Å²) < 4.78 is 13.8. The van der Waals surface area contributed by atoms with Gasteiger partial charge in [0.15, 0.2) is 0 Å². The first kappa shape index (κ1) is 52.8. The smallest absolute Gasteiger partial charge is 1.00 e. The van der Waals surface area contributed by atoms with E-state index in [2.05, 4.69) is 109 Å². The molecule has 54 heavy (non-hydrogen) atoms. The van der Waals surface area contributed by atoms with Crippen molar-refractivity contribution in [1.82, 2.24) is 35.2 Å². The summed E-state index contributed by atoms with van der Waals surface area (Å²) in [7, 11) is -0.384. The van der Waals surface area contributed by atoms with Gasteiger partial charge in [0, 0.05) is 68.8 Å². The summed E-state index contributed by atoms with van der Waals surface area (Å²) in [6.07, 6.45) is 22.3. The van der Waals surface area contributed by atoms with E-state index in [1.165, 1.54) is 70.9 Å². The molecule has 4 saturated heterocycles. The van der Waals surface area contributed by atoms with Crippen LogP contribution in [0.2, 0.25) is 5.28 Å². The Morgan fingerprint density at radius 3 is 1.39 bits per heavy atom. The number of hydrogen-bond donors (Lipinski definition) is 1. The van der Waals surface area contributed by atoms with E-state index < -0.39 is 0 Å². The molecule has 0 saturated carbocycles. The molecule has 288 valence electrons. The topological polar surface area (TPSA) is 164 Å². The fraction of sp³-hybridized carbons (Fsp3) is 0.618. The number of rotatable bonds is 4. The van der Waals surface area contributed by atoms with Gasteiger partial charge in [-0.05, 0) is 136 Å². The molecule has 4 aliphatic rings. The maximum Gasteiger partial charge on any atom is 1.00 e. The van der Waals surface area contributed by atoms with Crippen LogP contribution in [0.15, 0.2) is 46.1 Å². The van der Waals surface area contributed by atoms with Crippen LogP contribution >= 0.6 is 43.5 Å². The number of piperidine rings is 3. The second kappa shape index (κ2) is 29.0. The van der Waals surface area contributed by atoms with Crippen molar-refractivity contribution in [2.24, 2.45) is 0 Å². The summed E-state index contributed by atoms with van der Waals surface area (Å²) in [6.45, 7) is 14.8. The van der Waals surface area contributed by atoms with Gasteiger partial charge in [0.1, 0.15) is 0 Å². The Bertz CT molecular complexity index is 1390. The number of anilines is 2. The van der Waals surface area contributed by atoms with Gasteiger partial charge in [0.2, 0.25) is 17.2 Å². The third-order valence-corrected chi connectivity index (χ3v) is 9.92. The largest absolute Gasteiger partial charge is 1.00 e. The molecule has 0 bridgehead atoms. The Morgan fingerprint density at radius 2 is 1.07 bits per heavy atom. The molecule has 4 aliphatic heterocycles. The van der Waals surface area contributed by atoms with Crippen LogP contribution in [-0.4, -0.2) is 94.0 Å². The summed E-state index contributed by atoms with van der Waals surface area (Å²) in [5.41, 5.74) is 0.223. The van der Waals surface area contributed by atoms with Gasteiger partial charge >= 0.3 is 110 Å². The quantitative estimate of drug-likeness (QED) is 0.114. The minimum atomic E-state index is -0.384. The number of carbonyl (C=O) groups is 1. The van der Waals surface area contributed by atoms with Gasteiger partial charge in [0.25, 0.3) is 6.47 Å². The van der Waals surface area contributed by atoms with Crippen LogP contribution in [0, 0.1) is 0 Å². The van der Waals surface area contributed by atoms with E-state index in [9.17, 15) is 0 Å². The third-order valence-electron chi connectivity index (χ3n) is 8.90. The molecule has 3 aromatic heterocycles. The van der Waals surface area contributed by atoms with Crippen LogP contribution in [0.5, 0.6) is 0 Å². The first-order valence-corrected chi connectivity index (χ1v) is 19.6. The number of carbonyl (C=O) groups excluding carboxylic acids is 1. The average Bonchev–Trinajstić information content (AvgIpc) is 3.41. The Kier molecular flexibility index (Phi) is 28.4. The average molecular weight is 950 g/mol. The molecule has 7 rings (SSSR count). The third kappa shape index (κ3) is 19.7. The van der Waals surface area contributed by atoms with Crippen molar-refractivity contribution in [3.63, 3.8) is 0 Å². The predicted molar refractivity (Wildman–Crippen MR) is 209 cm³/mol. The summed E-state index contributed by atoms with van der Waals surface area (Å²) >= 11 is 11.9. The Hall–Kier alpha value is 0.738. The molecule has 3 aromatic rings. The number of nitrogens with zero attached hydrogens (tertiary/aromatic N) is 8. The van der Waals surface area contributed by atoms with Crippen LogP contribution in [0.25, 0.3) is 0 Å². The van der Waals surface area contributed by atoms with Crippen LogP contribution < -0.4 is 129 Å². The van der Waals surface area contributed by atoms with Gasteiger partial charge in [-0.25, -0.2) is 29.9 Å². The molecule has 14 nitrogen and oxygen atoms in total. The molecule has 0 atom stereocenters. The van der Waals surface area contributed by atoms with Gasteiger partial charge < -0.3 is 36.0 Å². The number of halogens is 3. The van der Waals surface area contributed by atoms with Crippen molar-refractivity contribution in [3.8, 4) is 0 Å². The molecular weight excluding hydrogens is 899 g/mol. The van der Waals surface area contributed by atoms with E-state index in [1.807, 2.05) is 12.4 Å². The van der Waals surface area contributed by atoms with Crippen LogP contribution in [-0.2, 0) is 19.0 Å². The van der Waals surface area contributed by atoms with Crippen molar-refractivity contribution in [1.29, 1.82) is 0 Å². The Labute approximate surface area is 428 Å². The van der Waals surface area contributed by atoms with Crippen molar-refractivity contribution < 1.29 is 128 Å². The van der Waals surface area contributed by atoms with Crippen molar-refractivity contribution in [2.75, 3.05) is 49.1 Å². The fourth-order valence-corrected chi connectivity index (χ4v) is 5.86. The van der Waals surface area contributed by atoms with Gasteiger partial charge in [-0.15, -0.1) is 0 Å². The van der Waals surface area contributed by atoms with Crippen LogP contribution in [0.3, 0.4) is 0 Å². The van der Waals surface area contributed by atoms with E-state index in [-0.39, 0.29) is 134 Å². The normalized spacial score (nSPS) is 18.1. The maximum atomic E-state index is 8.64. The fourth-order valence-electron chi connectivity index (χ4n) is 5.35. The number of aromatic nitrogens is 6. The standard InChI is InChI=1S/C15H24BN3O2.C9H12BrN3.C5H11N.C4H2BrClN2.CH2O3.2K.H/c1-14(2)15(3,4)21-16(20-14)12-10-17-13(18-11-12)19-8-6-5-7-9-19;10-8-6-11-9(12-7-8)13-4-2-1-3-5-13;1-2-4-6-5-3-1;5-3-1-7-4(6)8-2-3;2-1-4-3;;;/h10-11H,5-9H2,1-4H3;6-7H,1-5H2;6H,1-5H2;1-2H;1,3H;;;/q;;;;;2*+1;-1/p-1. The van der Waals surface area contributed by atoms with Gasteiger partial charge in [0.05, 0.1) is 20.1 Å². The molecule has 0 aliphatic carbocycles. The zero-order chi connectivity index (χ0) is 37.8. The zero-order valence-corrected chi connectivity index (χ0v) is 42.7. The summed E-state index contributed by atoms with van der Waals surface area (Å²) in [5, 5.41) is 12.0. The monoisotopic (exact) mass is 947 g/mol. The van der Waals surface area contributed by atoms with Gasteiger partial charge in [-0.3, -0.25) is 4.79 Å². The first-order chi connectivity index (χ1) is 25.0. The van der Waals surface area contributed by atoms with Crippen molar-refractivity contribution in [3.05, 3.63) is 51.4 Å². The van der Waals surface area contributed by atoms with E-state index in [4.69, 9.17) is 31.0 Å². The summed E-state index contributed by atoms with van der Waals surface area (Å²) in [5.74, 6) is 1.68.